The minimum absolute atomic E-state index is 0.0471. The zero-order valence-electron chi connectivity index (χ0n) is 9.83. The summed E-state index contributed by atoms with van der Waals surface area (Å²) in [5.74, 6) is -0.574. The second kappa shape index (κ2) is 5.40. The molecule has 0 atom stereocenters. The lowest BCUT2D eigenvalue weighted by molar-refractivity contribution is 0.0939. The van der Waals surface area contributed by atoms with Crippen molar-refractivity contribution >= 4 is 21.8 Å². The average molecular weight is 302 g/mol. The maximum absolute atomic E-state index is 11.8. The smallest absolute Gasteiger partial charge is 0.251 e. The molecule has 0 bridgehead atoms. The standard InChI is InChI=1S/C12H16BrNO3/c1-12(2,6-13)7-14-11(17)8-3-9(15)5-10(16)4-8/h3-5,15-16H,6-7H2,1-2H3,(H,14,17). The van der Waals surface area contributed by atoms with Gasteiger partial charge in [-0.1, -0.05) is 29.8 Å². The van der Waals surface area contributed by atoms with Gasteiger partial charge in [-0.3, -0.25) is 4.79 Å². The van der Waals surface area contributed by atoms with Crippen molar-refractivity contribution in [2.24, 2.45) is 5.41 Å². The van der Waals surface area contributed by atoms with Crippen LogP contribution in [0.1, 0.15) is 24.2 Å². The molecule has 94 valence electrons. The molecule has 0 aromatic heterocycles. The molecule has 0 heterocycles. The molecule has 1 amide bonds. The first-order chi connectivity index (χ1) is 7.84. The van der Waals surface area contributed by atoms with Crippen LogP contribution in [0.5, 0.6) is 11.5 Å². The van der Waals surface area contributed by atoms with E-state index in [-0.39, 0.29) is 28.4 Å². The highest BCUT2D eigenvalue weighted by molar-refractivity contribution is 9.09. The molecule has 1 aromatic carbocycles. The molecule has 0 saturated heterocycles. The third kappa shape index (κ3) is 4.26. The molecular weight excluding hydrogens is 286 g/mol. The third-order valence-corrected chi connectivity index (χ3v) is 3.77. The van der Waals surface area contributed by atoms with E-state index in [4.69, 9.17) is 0 Å². The molecule has 4 nitrogen and oxygen atoms in total. The Bertz CT molecular complexity index is 398. The molecule has 0 aliphatic rings. The Morgan fingerprint density at radius 1 is 1.29 bits per heavy atom. The molecule has 0 spiro atoms. The summed E-state index contributed by atoms with van der Waals surface area (Å²) in [6.07, 6.45) is 0. The zero-order valence-corrected chi connectivity index (χ0v) is 11.4. The SMILES string of the molecule is CC(C)(CBr)CNC(=O)c1cc(O)cc(O)c1. The second-order valence-corrected chi connectivity index (χ2v) is 5.28. The Labute approximate surface area is 109 Å². The van der Waals surface area contributed by atoms with E-state index < -0.39 is 0 Å². The highest BCUT2D eigenvalue weighted by atomic mass is 79.9. The highest BCUT2D eigenvalue weighted by Crippen LogP contribution is 2.21. The second-order valence-electron chi connectivity index (χ2n) is 4.72. The normalized spacial score (nSPS) is 11.2. The zero-order chi connectivity index (χ0) is 13.1. The van der Waals surface area contributed by atoms with E-state index in [0.717, 1.165) is 5.33 Å². The molecule has 17 heavy (non-hydrogen) atoms. The average Bonchev–Trinajstić information content (AvgIpc) is 2.24. The lowest BCUT2D eigenvalue weighted by Gasteiger charge is -2.21. The number of carbonyl (C=O) groups is 1. The molecule has 0 saturated carbocycles. The molecule has 1 aromatic rings. The predicted octanol–water partition coefficient (Wildman–Crippen LogP) is 2.25. The van der Waals surface area contributed by atoms with Gasteiger partial charge in [-0.05, 0) is 17.5 Å². The monoisotopic (exact) mass is 301 g/mol. The van der Waals surface area contributed by atoms with Crippen LogP contribution < -0.4 is 5.32 Å². The Hall–Kier alpha value is -1.23. The van der Waals surface area contributed by atoms with Crippen molar-refractivity contribution in [3.05, 3.63) is 23.8 Å². The number of carbonyl (C=O) groups excluding carboxylic acids is 1. The Morgan fingerprint density at radius 2 is 1.82 bits per heavy atom. The molecule has 0 radical (unpaired) electrons. The van der Waals surface area contributed by atoms with Crippen molar-refractivity contribution in [2.75, 3.05) is 11.9 Å². The van der Waals surface area contributed by atoms with Gasteiger partial charge in [0.05, 0.1) is 0 Å². The van der Waals surface area contributed by atoms with E-state index in [1.807, 2.05) is 13.8 Å². The van der Waals surface area contributed by atoms with Crippen LogP contribution in [0.2, 0.25) is 0 Å². The molecule has 0 fully saturated rings. The summed E-state index contributed by atoms with van der Waals surface area (Å²) in [4.78, 5) is 11.8. The van der Waals surface area contributed by atoms with Crippen molar-refractivity contribution in [1.29, 1.82) is 0 Å². The largest absolute Gasteiger partial charge is 0.508 e. The van der Waals surface area contributed by atoms with Crippen LogP contribution in [0.15, 0.2) is 18.2 Å². The molecular formula is C12H16BrNO3. The molecule has 0 unspecified atom stereocenters. The molecule has 0 aliphatic heterocycles. The van der Waals surface area contributed by atoms with Crippen LogP contribution >= 0.6 is 15.9 Å². The summed E-state index contributed by atoms with van der Waals surface area (Å²) in [5, 5.41) is 22.1. The van der Waals surface area contributed by atoms with Crippen molar-refractivity contribution in [3.63, 3.8) is 0 Å². The lowest BCUT2D eigenvalue weighted by Crippen LogP contribution is -2.34. The fraction of sp³-hybridized carbons (Fsp3) is 0.417. The number of nitrogens with one attached hydrogen (secondary N) is 1. The summed E-state index contributed by atoms with van der Waals surface area (Å²) < 4.78 is 0. The number of phenols is 2. The van der Waals surface area contributed by atoms with Crippen molar-refractivity contribution < 1.29 is 15.0 Å². The first kappa shape index (κ1) is 13.8. The first-order valence-corrected chi connectivity index (χ1v) is 6.33. The van der Waals surface area contributed by atoms with Crippen molar-refractivity contribution in [2.45, 2.75) is 13.8 Å². The summed E-state index contributed by atoms with van der Waals surface area (Å²) in [7, 11) is 0. The number of hydrogen-bond donors (Lipinski definition) is 3. The molecule has 3 N–H and O–H groups in total. The van der Waals surface area contributed by atoms with Gasteiger partial charge >= 0.3 is 0 Å². The fourth-order valence-electron chi connectivity index (χ4n) is 1.20. The van der Waals surface area contributed by atoms with E-state index in [2.05, 4.69) is 21.2 Å². The topological polar surface area (TPSA) is 69.6 Å². The van der Waals surface area contributed by atoms with E-state index >= 15 is 0 Å². The summed E-state index contributed by atoms with van der Waals surface area (Å²) >= 11 is 3.37. The molecule has 0 aliphatic carbocycles. The summed E-state index contributed by atoms with van der Waals surface area (Å²) in [6.45, 7) is 4.54. The van der Waals surface area contributed by atoms with E-state index in [1.165, 1.54) is 18.2 Å². The van der Waals surface area contributed by atoms with Gasteiger partial charge in [0.25, 0.3) is 5.91 Å². The maximum atomic E-state index is 11.8. The number of rotatable bonds is 4. The number of alkyl halides is 1. The number of amides is 1. The van der Waals surface area contributed by atoms with Gasteiger partial charge in [0.15, 0.2) is 0 Å². The van der Waals surface area contributed by atoms with Gasteiger partial charge in [-0.15, -0.1) is 0 Å². The first-order valence-electron chi connectivity index (χ1n) is 5.21. The number of aromatic hydroxyl groups is 2. The van der Waals surface area contributed by atoms with Gasteiger partial charge in [-0.25, -0.2) is 0 Å². The summed E-state index contributed by atoms with van der Waals surface area (Å²) in [6, 6.07) is 3.81. The van der Waals surface area contributed by atoms with E-state index in [0.29, 0.717) is 6.54 Å². The fourth-order valence-corrected chi connectivity index (χ4v) is 1.39. The maximum Gasteiger partial charge on any atom is 0.251 e. The number of phenolic OH excluding ortho intramolecular Hbond substituents is 2. The Kier molecular flexibility index (Phi) is 4.40. The van der Waals surface area contributed by atoms with Crippen LogP contribution in [-0.2, 0) is 0 Å². The molecule has 5 heteroatoms. The number of halogens is 1. The Morgan fingerprint density at radius 3 is 2.29 bits per heavy atom. The van der Waals surface area contributed by atoms with Gasteiger partial charge in [0.2, 0.25) is 0 Å². The number of hydrogen-bond acceptors (Lipinski definition) is 3. The van der Waals surface area contributed by atoms with Gasteiger partial charge < -0.3 is 15.5 Å². The summed E-state index contributed by atoms with van der Waals surface area (Å²) in [5.41, 5.74) is 0.196. The van der Waals surface area contributed by atoms with Crippen molar-refractivity contribution in [1.82, 2.24) is 5.32 Å². The van der Waals surface area contributed by atoms with E-state index in [1.54, 1.807) is 0 Å². The molecule has 1 rings (SSSR count). The third-order valence-electron chi connectivity index (χ3n) is 2.25. The van der Waals surface area contributed by atoms with Gasteiger partial charge in [0, 0.05) is 23.5 Å². The highest BCUT2D eigenvalue weighted by Gasteiger charge is 2.18. The Balaban J connectivity index is 2.70. The van der Waals surface area contributed by atoms with E-state index in [9.17, 15) is 15.0 Å². The number of benzene rings is 1. The van der Waals surface area contributed by atoms with Crippen LogP contribution in [0.4, 0.5) is 0 Å². The van der Waals surface area contributed by atoms with Gasteiger partial charge in [-0.2, -0.15) is 0 Å². The van der Waals surface area contributed by atoms with Crippen LogP contribution in [0.25, 0.3) is 0 Å². The minimum atomic E-state index is -0.315. The quantitative estimate of drug-likeness (QED) is 0.747. The predicted molar refractivity (Wildman–Crippen MR) is 69.7 cm³/mol. The van der Waals surface area contributed by atoms with Crippen LogP contribution in [-0.4, -0.2) is 28.0 Å². The lowest BCUT2D eigenvalue weighted by atomic mass is 9.97. The van der Waals surface area contributed by atoms with Crippen molar-refractivity contribution in [3.8, 4) is 11.5 Å². The van der Waals surface area contributed by atoms with Crippen LogP contribution in [0.3, 0.4) is 0 Å². The van der Waals surface area contributed by atoms with Crippen LogP contribution in [0, 0.1) is 5.41 Å². The van der Waals surface area contributed by atoms with Gasteiger partial charge in [0.1, 0.15) is 11.5 Å². The minimum Gasteiger partial charge on any atom is -0.508 e.